The molecule has 0 spiro atoms. The minimum atomic E-state index is 0.206. The van der Waals surface area contributed by atoms with Crippen LogP contribution in [0.1, 0.15) is 16.8 Å². The number of ether oxygens (including phenoxy) is 1. The topological polar surface area (TPSA) is 26.5 Å². The lowest BCUT2D eigenvalue weighted by Gasteiger charge is -2.10. The Morgan fingerprint density at radius 2 is 1.85 bits per heavy atom. The van der Waals surface area contributed by atoms with Gasteiger partial charge in [0.15, 0.2) is 0 Å². The van der Waals surface area contributed by atoms with Crippen molar-refractivity contribution in [2.24, 2.45) is 4.99 Å². The van der Waals surface area contributed by atoms with Crippen molar-refractivity contribution in [2.75, 3.05) is 12.4 Å². The third kappa shape index (κ3) is 4.57. The van der Waals surface area contributed by atoms with E-state index in [1.54, 1.807) is 0 Å². The summed E-state index contributed by atoms with van der Waals surface area (Å²) in [6, 6.07) is 22.7. The molecule has 2 aromatic carbocycles. The summed E-state index contributed by atoms with van der Waals surface area (Å²) < 4.78 is 8.04. The van der Waals surface area contributed by atoms with Gasteiger partial charge in [0.1, 0.15) is 12.3 Å². The van der Waals surface area contributed by atoms with Gasteiger partial charge in [-0.2, -0.15) is 11.8 Å². The van der Waals surface area contributed by atoms with E-state index in [0.717, 1.165) is 33.7 Å². The van der Waals surface area contributed by atoms with E-state index in [-0.39, 0.29) is 6.04 Å². The highest BCUT2D eigenvalue weighted by atomic mass is 35.5. The number of halogens is 1. The van der Waals surface area contributed by atoms with Gasteiger partial charge in [0.25, 0.3) is 0 Å². The maximum atomic E-state index is 6.31. The van der Waals surface area contributed by atoms with E-state index in [0.29, 0.717) is 13.2 Å². The first-order valence-electron chi connectivity index (χ1n) is 9.01. The Labute approximate surface area is 169 Å². The van der Waals surface area contributed by atoms with Gasteiger partial charge < -0.3 is 9.30 Å². The van der Waals surface area contributed by atoms with E-state index in [9.17, 15) is 0 Å². The largest absolute Gasteiger partial charge is 0.474 e. The summed E-state index contributed by atoms with van der Waals surface area (Å²) in [4.78, 5) is 4.81. The Bertz CT molecular complexity index is 923. The minimum absolute atomic E-state index is 0.206. The van der Waals surface area contributed by atoms with Crippen LogP contribution in [-0.2, 0) is 17.0 Å². The van der Waals surface area contributed by atoms with Crippen LogP contribution in [-0.4, -0.2) is 28.9 Å². The maximum absolute atomic E-state index is 6.31. The highest BCUT2D eigenvalue weighted by Gasteiger charge is 2.22. The molecule has 1 aromatic heterocycles. The SMILES string of the molecule is Clc1ccccc1Cn1cccc1C1=NC(CSCc2ccccc2)CO1. The van der Waals surface area contributed by atoms with Crippen LogP contribution in [0.3, 0.4) is 0 Å². The summed E-state index contributed by atoms with van der Waals surface area (Å²) in [5.41, 5.74) is 3.44. The van der Waals surface area contributed by atoms with Gasteiger partial charge in [0, 0.05) is 29.3 Å². The molecule has 1 aliphatic rings. The van der Waals surface area contributed by atoms with Crippen molar-refractivity contribution in [3.63, 3.8) is 0 Å². The molecule has 0 aliphatic carbocycles. The second kappa shape index (κ2) is 8.68. The predicted octanol–water partition coefficient (Wildman–Crippen LogP) is 5.27. The highest BCUT2D eigenvalue weighted by Crippen LogP contribution is 2.21. The quantitative estimate of drug-likeness (QED) is 0.544. The number of aromatic nitrogens is 1. The average molecular weight is 397 g/mol. The molecule has 2 heterocycles. The number of benzene rings is 2. The Kier molecular flexibility index (Phi) is 5.85. The first kappa shape index (κ1) is 18.2. The predicted molar refractivity (Wildman–Crippen MR) is 114 cm³/mol. The number of aliphatic imine (C=N–C) groups is 1. The lowest BCUT2D eigenvalue weighted by atomic mass is 10.2. The van der Waals surface area contributed by atoms with Crippen LogP contribution in [0.15, 0.2) is 77.9 Å². The van der Waals surface area contributed by atoms with Crippen LogP contribution in [0, 0.1) is 0 Å². The van der Waals surface area contributed by atoms with Crippen LogP contribution in [0.25, 0.3) is 0 Å². The molecular weight excluding hydrogens is 376 g/mol. The van der Waals surface area contributed by atoms with Gasteiger partial charge in [-0.25, -0.2) is 4.99 Å². The lowest BCUT2D eigenvalue weighted by molar-refractivity contribution is 0.323. The summed E-state index contributed by atoms with van der Waals surface area (Å²) >= 11 is 8.21. The van der Waals surface area contributed by atoms with Crippen molar-refractivity contribution >= 4 is 29.3 Å². The first-order chi connectivity index (χ1) is 13.3. The molecule has 0 saturated heterocycles. The van der Waals surface area contributed by atoms with Gasteiger partial charge in [0.2, 0.25) is 5.90 Å². The van der Waals surface area contributed by atoms with E-state index in [4.69, 9.17) is 21.3 Å². The van der Waals surface area contributed by atoms with Crippen molar-refractivity contribution < 1.29 is 4.74 Å². The first-order valence-corrected chi connectivity index (χ1v) is 10.5. The zero-order valence-electron chi connectivity index (χ0n) is 14.9. The molecule has 0 saturated carbocycles. The van der Waals surface area contributed by atoms with E-state index in [2.05, 4.69) is 34.9 Å². The highest BCUT2D eigenvalue weighted by molar-refractivity contribution is 7.98. The molecule has 1 aliphatic heterocycles. The lowest BCUT2D eigenvalue weighted by Crippen LogP contribution is -2.11. The minimum Gasteiger partial charge on any atom is -0.474 e. The number of hydrogen-bond acceptors (Lipinski definition) is 3. The Hall–Kier alpha value is -2.17. The standard InChI is InChI=1S/C22H21ClN2OS/c23-20-10-5-4-9-18(20)13-25-12-6-11-21(25)22-24-19(14-26-22)16-27-15-17-7-2-1-3-8-17/h1-12,19H,13-16H2. The van der Waals surface area contributed by atoms with E-state index < -0.39 is 0 Å². The second-order valence-electron chi connectivity index (χ2n) is 6.51. The molecule has 0 amide bonds. The van der Waals surface area contributed by atoms with Crippen LogP contribution in [0.5, 0.6) is 0 Å². The monoisotopic (exact) mass is 396 g/mol. The second-order valence-corrected chi connectivity index (χ2v) is 7.95. The third-order valence-corrected chi connectivity index (χ3v) is 6.01. The summed E-state index contributed by atoms with van der Waals surface area (Å²) in [7, 11) is 0. The summed E-state index contributed by atoms with van der Waals surface area (Å²) in [5, 5.41) is 0.779. The fourth-order valence-corrected chi connectivity index (χ4v) is 4.27. The van der Waals surface area contributed by atoms with Gasteiger partial charge in [-0.05, 0) is 29.3 Å². The Morgan fingerprint density at radius 3 is 2.70 bits per heavy atom. The van der Waals surface area contributed by atoms with Crippen molar-refractivity contribution in [3.8, 4) is 0 Å². The van der Waals surface area contributed by atoms with E-state index in [1.165, 1.54) is 5.56 Å². The molecule has 0 N–H and O–H groups in total. The maximum Gasteiger partial charge on any atom is 0.233 e. The number of rotatable bonds is 7. The summed E-state index contributed by atoms with van der Waals surface area (Å²) in [5.74, 6) is 2.70. The third-order valence-electron chi connectivity index (χ3n) is 4.48. The summed E-state index contributed by atoms with van der Waals surface area (Å²) in [6.45, 7) is 1.35. The number of nitrogens with zero attached hydrogens (tertiary/aromatic N) is 2. The number of thioether (sulfide) groups is 1. The van der Waals surface area contributed by atoms with Crippen molar-refractivity contribution in [1.82, 2.24) is 4.57 Å². The Morgan fingerprint density at radius 1 is 1.04 bits per heavy atom. The van der Waals surface area contributed by atoms with Gasteiger partial charge in [-0.15, -0.1) is 0 Å². The molecule has 3 nitrogen and oxygen atoms in total. The van der Waals surface area contributed by atoms with E-state index in [1.807, 2.05) is 54.4 Å². The zero-order valence-corrected chi connectivity index (χ0v) is 16.5. The van der Waals surface area contributed by atoms with Crippen LogP contribution >= 0.6 is 23.4 Å². The van der Waals surface area contributed by atoms with Crippen LogP contribution in [0.4, 0.5) is 0 Å². The van der Waals surface area contributed by atoms with Gasteiger partial charge in [0.05, 0.1) is 6.04 Å². The fourth-order valence-electron chi connectivity index (χ4n) is 3.08. The molecule has 1 atom stereocenters. The van der Waals surface area contributed by atoms with Crippen molar-refractivity contribution in [3.05, 3.63) is 94.8 Å². The summed E-state index contributed by atoms with van der Waals surface area (Å²) in [6.07, 6.45) is 2.04. The molecule has 0 fully saturated rings. The molecule has 0 radical (unpaired) electrons. The normalized spacial score (nSPS) is 16.2. The molecule has 5 heteroatoms. The van der Waals surface area contributed by atoms with Gasteiger partial charge in [-0.1, -0.05) is 60.1 Å². The van der Waals surface area contributed by atoms with Crippen molar-refractivity contribution in [1.29, 1.82) is 0 Å². The molecule has 138 valence electrons. The van der Waals surface area contributed by atoms with Crippen LogP contribution < -0.4 is 0 Å². The molecule has 27 heavy (non-hydrogen) atoms. The smallest absolute Gasteiger partial charge is 0.233 e. The van der Waals surface area contributed by atoms with E-state index >= 15 is 0 Å². The zero-order chi connectivity index (χ0) is 18.5. The fraction of sp³-hybridized carbons (Fsp3) is 0.227. The van der Waals surface area contributed by atoms with Gasteiger partial charge in [-0.3, -0.25) is 0 Å². The average Bonchev–Trinajstić information content (AvgIpc) is 3.34. The van der Waals surface area contributed by atoms with Crippen molar-refractivity contribution in [2.45, 2.75) is 18.3 Å². The van der Waals surface area contributed by atoms with Gasteiger partial charge >= 0.3 is 0 Å². The molecular formula is C22H21ClN2OS. The molecule has 1 unspecified atom stereocenters. The molecule has 3 aromatic rings. The Balaban J connectivity index is 1.39. The molecule has 4 rings (SSSR count). The number of hydrogen-bond donors (Lipinski definition) is 0. The molecule has 0 bridgehead atoms. The van der Waals surface area contributed by atoms with Crippen LogP contribution in [0.2, 0.25) is 5.02 Å².